The minimum absolute atomic E-state index is 0.0734. The lowest BCUT2D eigenvalue weighted by Gasteiger charge is -2.26. The lowest BCUT2D eigenvalue weighted by Crippen LogP contribution is -2.38. The molecule has 0 spiro atoms. The van der Waals surface area contributed by atoms with Crippen molar-refractivity contribution in [2.45, 2.75) is 34.1 Å². The average molecular weight is 652 g/mol. The molecular weight excluding hydrogens is 625 g/mol. The molecule has 0 atom stereocenters. The van der Waals surface area contributed by atoms with E-state index in [2.05, 4.69) is 36.9 Å². The van der Waals surface area contributed by atoms with Crippen molar-refractivity contribution in [1.29, 1.82) is 0 Å². The third-order valence-electron chi connectivity index (χ3n) is 4.53. The number of carbonyl (C=O) groups is 2. The number of Topliss-reactive ketones (excluding diaryl/α,β-unsaturated/α-hetero) is 1. The minimum Gasteiger partial charge on any atom is -0.395 e. The fraction of sp³-hybridized carbons (Fsp3) is 0.375. The quantitative estimate of drug-likeness (QED) is 0.163. The zero-order valence-electron chi connectivity index (χ0n) is 19.4. The van der Waals surface area contributed by atoms with E-state index in [0.717, 1.165) is 8.66 Å². The number of aliphatic imine (C=N–C) groups is 1. The van der Waals surface area contributed by atoms with Crippen LogP contribution in [0.15, 0.2) is 49.3 Å². The fourth-order valence-corrected chi connectivity index (χ4v) is 5.59. The molecule has 2 aromatic rings. The van der Waals surface area contributed by atoms with E-state index in [9.17, 15) is 9.59 Å². The maximum absolute atomic E-state index is 13.0. The summed E-state index contributed by atoms with van der Waals surface area (Å²) in [6, 6.07) is 8.68. The molecule has 2 N–H and O–H groups in total. The van der Waals surface area contributed by atoms with Crippen molar-refractivity contribution in [3.8, 4) is 0 Å². The second-order valence-electron chi connectivity index (χ2n) is 8.57. The van der Waals surface area contributed by atoms with Gasteiger partial charge in [0.15, 0.2) is 5.78 Å². The molecule has 0 aliphatic rings. The highest BCUT2D eigenvalue weighted by Crippen LogP contribution is 2.33. The molecule has 1 heterocycles. The van der Waals surface area contributed by atoms with E-state index in [1.165, 1.54) is 11.3 Å². The first kappa shape index (κ1) is 29.0. The summed E-state index contributed by atoms with van der Waals surface area (Å²) in [4.78, 5) is 33.1. The molecule has 0 unspecified atom stereocenters. The summed E-state index contributed by atoms with van der Waals surface area (Å²) in [5, 5.41) is 0.846. The van der Waals surface area contributed by atoms with Gasteiger partial charge in [0.1, 0.15) is 0 Å². The monoisotopic (exact) mass is 649 g/mol. The molecule has 5 nitrogen and oxygen atoms in total. The van der Waals surface area contributed by atoms with E-state index in [1.54, 1.807) is 23.1 Å². The maximum atomic E-state index is 13.0. The Bertz CT molecular complexity index is 1100. The summed E-state index contributed by atoms with van der Waals surface area (Å²) >= 11 is 20.7. The highest BCUT2D eigenvalue weighted by Gasteiger charge is 2.24. The summed E-state index contributed by atoms with van der Waals surface area (Å²) < 4.78 is 1.18. The van der Waals surface area contributed by atoms with Crippen molar-refractivity contribution in [1.82, 2.24) is 4.90 Å². The van der Waals surface area contributed by atoms with Crippen LogP contribution >= 0.6 is 66.4 Å². The molecule has 0 fully saturated rings. The van der Waals surface area contributed by atoms with Gasteiger partial charge in [-0.05, 0) is 74.0 Å². The standard InChI is InChI=1S/C24H27Br2Cl2N3O2S/c1-13(2)11-31(12-14(3)4)21(33)10-18(32)23(29)22(26)24(19-7-8-20(25)34-19)30-17-6-5-15(27)9-16(17)28/h5-9,13-14H,10-12,29H2,1-4H3. The van der Waals surface area contributed by atoms with Crippen molar-refractivity contribution in [3.63, 3.8) is 0 Å². The molecule has 0 saturated carbocycles. The number of ketones is 1. The molecule has 1 aromatic heterocycles. The van der Waals surface area contributed by atoms with Gasteiger partial charge in [0.25, 0.3) is 0 Å². The summed E-state index contributed by atoms with van der Waals surface area (Å²) in [7, 11) is 0. The van der Waals surface area contributed by atoms with Gasteiger partial charge in [-0.1, -0.05) is 50.9 Å². The molecular formula is C24H27Br2Cl2N3O2S. The van der Waals surface area contributed by atoms with Gasteiger partial charge in [0.05, 0.1) is 41.7 Å². The van der Waals surface area contributed by atoms with Crippen LogP contribution in [0.25, 0.3) is 0 Å². The van der Waals surface area contributed by atoms with Gasteiger partial charge in [0.2, 0.25) is 5.91 Å². The van der Waals surface area contributed by atoms with Crippen molar-refractivity contribution in [3.05, 3.63) is 59.2 Å². The van der Waals surface area contributed by atoms with E-state index in [4.69, 9.17) is 28.9 Å². The number of nitrogens with two attached hydrogens (primary N) is 1. The molecule has 0 aliphatic carbocycles. The topological polar surface area (TPSA) is 75.8 Å². The van der Waals surface area contributed by atoms with Crippen molar-refractivity contribution < 1.29 is 9.59 Å². The third-order valence-corrected chi connectivity index (χ3v) is 7.50. The number of nitrogens with zero attached hydrogens (tertiary/aromatic N) is 2. The number of halogens is 4. The van der Waals surface area contributed by atoms with E-state index < -0.39 is 5.78 Å². The normalized spacial score (nSPS) is 12.8. The second kappa shape index (κ2) is 13.2. The zero-order chi connectivity index (χ0) is 25.6. The predicted molar refractivity (Wildman–Crippen MR) is 151 cm³/mol. The average Bonchev–Trinajstić information content (AvgIpc) is 3.16. The number of carbonyl (C=O) groups excluding carboxylic acids is 2. The number of thiophene rings is 1. The molecule has 184 valence electrons. The first-order valence-corrected chi connectivity index (χ1v) is 13.8. The lowest BCUT2D eigenvalue weighted by atomic mass is 10.1. The van der Waals surface area contributed by atoms with Crippen LogP contribution < -0.4 is 5.73 Å². The molecule has 0 bridgehead atoms. The minimum atomic E-state index is -0.472. The van der Waals surface area contributed by atoms with Crippen LogP contribution in [0.2, 0.25) is 10.0 Å². The van der Waals surface area contributed by atoms with Gasteiger partial charge >= 0.3 is 0 Å². The van der Waals surface area contributed by atoms with Gasteiger partial charge in [-0.2, -0.15) is 0 Å². The smallest absolute Gasteiger partial charge is 0.230 e. The highest BCUT2D eigenvalue weighted by molar-refractivity contribution is 9.12. The third kappa shape index (κ3) is 8.48. The van der Waals surface area contributed by atoms with Crippen molar-refractivity contribution in [2.24, 2.45) is 22.6 Å². The molecule has 34 heavy (non-hydrogen) atoms. The molecule has 1 aromatic carbocycles. The van der Waals surface area contributed by atoms with Gasteiger partial charge in [-0.15, -0.1) is 11.3 Å². The number of rotatable bonds is 10. The SMILES string of the molecule is CC(C)CN(CC(C)C)C(=O)CC(=O)C(N)=C(Br)C(=Nc1ccc(Cl)cc1Cl)c1ccc(Br)s1. The van der Waals surface area contributed by atoms with Crippen LogP contribution in [0.4, 0.5) is 5.69 Å². The van der Waals surface area contributed by atoms with Crippen molar-refractivity contribution in [2.75, 3.05) is 13.1 Å². The van der Waals surface area contributed by atoms with Crippen LogP contribution in [0.3, 0.4) is 0 Å². The Balaban J connectivity index is 2.41. The lowest BCUT2D eigenvalue weighted by molar-refractivity contribution is -0.135. The molecule has 1 amide bonds. The first-order valence-electron chi connectivity index (χ1n) is 10.6. The van der Waals surface area contributed by atoms with E-state index in [0.29, 0.717) is 39.0 Å². The summed E-state index contributed by atoms with van der Waals surface area (Å²) in [6.07, 6.45) is -0.316. The van der Waals surface area contributed by atoms with Crippen LogP contribution in [0.5, 0.6) is 0 Å². The van der Waals surface area contributed by atoms with Gasteiger partial charge in [0, 0.05) is 18.1 Å². The number of hydrogen-bond acceptors (Lipinski definition) is 5. The Kier molecular flexibility index (Phi) is 11.3. The highest BCUT2D eigenvalue weighted by atomic mass is 79.9. The van der Waals surface area contributed by atoms with Gasteiger partial charge < -0.3 is 10.6 Å². The molecule has 0 radical (unpaired) electrons. The predicted octanol–water partition coefficient (Wildman–Crippen LogP) is 7.60. The van der Waals surface area contributed by atoms with Gasteiger partial charge in [-0.25, -0.2) is 4.99 Å². The van der Waals surface area contributed by atoms with E-state index >= 15 is 0 Å². The second-order valence-corrected chi connectivity index (χ2v) is 12.7. The van der Waals surface area contributed by atoms with Crippen LogP contribution in [0.1, 0.15) is 39.0 Å². The number of allylic oxidation sites excluding steroid dienone is 2. The first-order chi connectivity index (χ1) is 15.9. The Morgan fingerprint density at radius 1 is 1.09 bits per heavy atom. The summed E-state index contributed by atoms with van der Waals surface area (Å²) in [5.74, 6) is -0.135. The Morgan fingerprint density at radius 2 is 1.71 bits per heavy atom. The zero-order valence-corrected chi connectivity index (χ0v) is 24.9. The maximum Gasteiger partial charge on any atom is 0.230 e. The largest absolute Gasteiger partial charge is 0.395 e. The Labute approximate surface area is 231 Å². The summed E-state index contributed by atoms with van der Waals surface area (Å²) in [6.45, 7) is 9.32. The number of hydrogen-bond donors (Lipinski definition) is 1. The van der Waals surface area contributed by atoms with Gasteiger partial charge in [-0.3, -0.25) is 9.59 Å². The fourth-order valence-electron chi connectivity index (χ4n) is 3.10. The molecule has 0 aliphatic heterocycles. The van der Waals surface area contributed by atoms with Crippen LogP contribution in [-0.2, 0) is 9.59 Å². The summed E-state index contributed by atoms with van der Waals surface area (Å²) in [5.41, 5.74) is 7.07. The number of benzene rings is 1. The number of amides is 1. The van der Waals surface area contributed by atoms with Crippen LogP contribution in [0, 0.1) is 11.8 Å². The molecule has 0 saturated heterocycles. The molecule has 10 heteroatoms. The van der Waals surface area contributed by atoms with Crippen molar-refractivity contribution >= 4 is 89.5 Å². The Hall–Kier alpha value is -1.19. The van der Waals surface area contributed by atoms with E-state index in [1.807, 2.05) is 39.8 Å². The van der Waals surface area contributed by atoms with Crippen LogP contribution in [-0.4, -0.2) is 35.4 Å². The van der Waals surface area contributed by atoms with E-state index in [-0.39, 0.29) is 29.9 Å². The molecule has 2 rings (SSSR count). The Morgan fingerprint density at radius 3 is 2.21 bits per heavy atom.